The largest absolute Gasteiger partial charge is 0.492 e. The van der Waals surface area contributed by atoms with Gasteiger partial charge in [0.1, 0.15) is 18.2 Å². The number of nitrogens with zero attached hydrogens (tertiary/aromatic N) is 3. The molecule has 3 aromatic rings. The van der Waals surface area contributed by atoms with Crippen LogP contribution < -0.4 is 15.4 Å². The molecule has 3 heterocycles. The second-order valence-corrected chi connectivity index (χ2v) is 9.00. The van der Waals surface area contributed by atoms with E-state index in [0.29, 0.717) is 17.9 Å². The summed E-state index contributed by atoms with van der Waals surface area (Å²) in [6.07, 6.45) is 6.98. The van der Waals surface area contributed by atoms with Gasteiger partial charge in [-0.1, -0.05) is 18.2 Å². The summed E-state index contributed by atoms with van der Waals surface area (Å²) in [6.45, 7) is 1.65. The summed E-state index contributed by atoms with van der Waals surface area (Å²) in [5.41, 5.74) is 2.80. The zero-order chi connectivity index (χ0) is 23.5. The van der Waals surface area contributed by atoms with Crippen LogP contribution in [0, 0.1) is 5.82 Å². The number of carbonyl (C=O) groups excluding carboxylic acids is 1. The maximum atomic E-state index is 13.8. The normalized spacial score (nSPS) is 19.4. The topological polar surface area (TPSA) is 71.4 Å². The zero-order valence-electron chi connectivity index (χ0n) is 19.3. The second kappa shape index (κ2) is 9.85. The van der Waals surface area contributed by atoms with Gasteiger partial charge in [-0.3, -0.25) is 9.58 Å². The van der Waals surface area contributed by atoms with Crippen LogP contribution >= 0.6 is 0 Å². The summed E-state index contributed by atoms with van der Waals surface area (Å²) in [7, 11) is 1.88. The fourth-order valence-electron chi connectivity index (χ4n) is 5.21. The minimum Gasteiger partial charge on any atom is -0.492 e. The summed E-state index contributed by atoms with van der Waals surface area (Å²) >= 11 is 0. The van der Waals surface area contributed by atoms with E-state index in [1.54, 1.807) is 29.1 Å². The average molecular weight is 464 g/mol. The van der Waals surface area contributed by atoms with Crippen LogP contribution in [-0.4, -0.2) is 45.9 Å². The highest BCUT2D eigenvalue weighted by Crippen LogP contribution is 2.37. The molecule has 178 valence electrons. The van der Waals surface area contributed by atoms with Crippen LogP contribution in [0.15, 0.2) is 54.7 Å². The number of urea groups is 1. The minimum absolute atomic E-state index is 0.104. The molecule has 8 heteroatoms. The van der Waals surface area contributed by atoms with E-state index in [2.05, 4.69) is 20.6 Å². The van der Waals surface area contributed by atoms with Gasteiger partial charge >= 0.3 is 6.03 Å². The lowest BCUT2D eigenvalue weighted by Crippen LogP contribution is -2.32. The molecule has 2 aliphatic rings. The number of anilines is 1. The number of halogens is 1. The SMILES string of the molecule is Cn1nccc1-c1cc(NC(=O)NCc2ccccc2F)ccc1OCCN1C2CCC1CC2. The summed E-state index contributed by atoms with van der Waals surface area (Å²) in [5, 5.41) is 9.82. The van der Waals surface area contributed by atoms with E-state index in [9.17, 15) is 9.18 Å². The monoisotopic (exact) mass is 463 g/mol. The molecule has 0 radical (unpaired) electrons. The third-order valence-corrected chi connectivity index (χ3v) is 6.94. The van der Waals surface area contributed by atoms with Crippen LogP contribution in [0.3, 0.4) is 0 Å². The van der Waals surface area contributed by atoms with E-state index >= 15 is 0 Å². The van der Waals surface area contributed by atoms with E-state index in [-0.39, 0.29) is 12.4 Å². The Morgan fingerprint density at radius 1 is 1.12 bits per heavy atom. The van der Waals surface area contributed by atoms with Crippen molar-refractivity contribution in [2.45, 2.75) is 44.3 Å². The first-order valence-corrected chi connectivity index (χ1v) is 11.9. The Balaban J connectivity index is 1.26. The van der Waals surface area contributed by atoms with Crippen LogP contribution in [0.2, 0.25) is 0 Å². The first kappa shape index (κ1) is 22.4. The van der Waals surface area contributed by atoms with Gasteiger partial charge in [0.15, 0.2) is 0 Å². The molecule has 2 N–H and O–H groups in total. The molecule has 0 spiro atoms. The smallest absolute Gasteiger partial charge is 0.319 e. The molecule has 5 rings (SSSR count). The Labute approximate surface area is 198 Å². The van der Waals surface area contributed by atoms with Crippen molar-refractivity contribution in [2.24, 2.45) is 7.05 Å². The number of rotatable bonds is 8. The predicted octanol–water partition coefficient (Wildman–Crippen LogP) is 4.55. The quantitative estimate of drug-likeness (QED) is 0.514. The van der Waals surface area contributed by atoms with Gasteiger partial charge in [-0.2, -0.15) is 5.10 Å². The molecule has 34 heavy (non-hydrogen) atoms. The summed E-state index contributed by atoms with van der Waals surface area (Å²) in [6, 6.07) is 14.9. The highest BCUT2D eigenvalue weighted by molar-refractivity contribution is 5.90. The van der Waals surface area contributed by atoms with Gasteiger partial charge in [0.2, 0.25) is 0 Å². The lowest BCUT2D eigenvalue weighted by molar-refractivity contribution is 0.194. The van der Waals surface area contributed by atoms with E-state index in [1.807, 2.05) is 31.3 Å². The van der Waals surface area contributed by atoms with Crippen molar-refractivity contribution < 1.29 is 13.9 Å². The van der Waals surface area contributed by atoms with Crippen molar-refractivity contribution >= 4 is 11.7 Å². The van der Waals surface area contributed by atoms with Crippen molar-refractivity contribution in [1.29, 1.82) is 0 Å². The van der Waals surface area contributed by atoms with Crippen LogP contribution in [0.1, 0.15) is 31.2 Å². The molecule has 0 atom stereocenters. The lowest BCUT2D eigenvalue weighted by Gasteiger charge is -2.22. The maximum absolute atomic E-state index is 13.8. The molecule has 2 aliphatic heterocycles. The molecule has 7 nitrogen and oxygen atoms in total. The van der Waals surface area contributed by atoms with E-state index in [0.717, 1.165) is 35.6 Å². The van der Waals surface area contributed by atoms with E-state index in [1.165, 1.54) is 31.7 Å². The van der Waals surface area contributed by atoms with Crippen molar-refractivity contribution in [3.05, 3.63) is 66.1 Å². The van der Waals surface area contributed by atoms with Crippen molar-refractivity contribution in [2.75, 3.05) is 18.5 Å². The molecule has 2 saturated heterocycles. The second-order valence-electron chi connectivity index (χ2n) is 9.00. The number of hydrogen-bond acceptors (Lipinski definition) is 4. The number of nitrogens with one attached hydrogen (secondary N) is 2. The Morgan fingerprint density at radius 2 is 1.88 bits per heavy atom. The van der Waals surface area contributed by atoms with Crippen LogP contribution in [0.5, 0.6) is 5.75 Å². The molecule has 2 bridgehead atoms. The average Bonchev–Trinajstić information content (AvgIpc) is 3.55. The maximum Gasteiger partial charge on any atom is 0.319 e. The fraction of sp³-hybridized carbons (Fsp3) is 0.385. The van der Waals surface area contributed by atoms with Crippen molar-refractivity contribution in [1.82, 2.24) is 20.0 Å². The van der Waals surface area contributed by atoms with E-state index in [4.69, 9.17) is 4.74 Å². The number of fused-ring (bicyclic) bond motifs is 2. The minimum atomic E-state index is -0.405. The third kappa shape index (κ3) is 4.77. The van der Waals surface area contributed by atoms with Gasteiger partial charge in [-0.05, 0) is 56.0 Å². The first-order chi connectivity index (χ1) is 16.6. The molecule has 0 saturated carbocycles. The number of aryl methyl sites for hydroxylation is 1. The number of carbonyl (C=O) groups is 1. The third-order valence-electron chi connectivity index (χ3n) is 6.94. The Morgan fingerprint density at radius 3 is 2.59 bits per heavy atom. The molecule has 0 unspecified atom stereocenters. The predicted molar refractivity (Wildman–Crippen MR) is 129 cm³/mol. The highest BCUT2D eigenvalue weighted by Gasteiger charge is 2.38. The van der Waals surface area contributed by atoms with Gasteiger partial charge in [-0.25, -0.2) is 9.18 Å². The van der Waals surface area contributed by atoms with Gasteiger partial charge in [-0.15, -0.1) is 0 Å². The Hall–Kier alpha value is -3.39. The van der Waals surface area contributed by atoms with Gasteiger partial charge in [0.05, 0.1) is 5.69 Å². The zero-order valence-corrected chi connectivity index (χ0v) is 19.3. The van der Waals surface area contributed by atoms with Crippen LogP contribution in [0.25, 0.3) is 11.3 Å². The summed E-state index contributed by atoms with van der Waals surface area (Å²) < 4.78 is 21.8. The highest BCUT2D eigenvalue weighted by atomic mass is 19.1. The lowest BCUT2D eigenvalue weighted by atomic mass is 10.0. The van der Waals surface area contributed by atoms with Crippen molar-refractivity contribution in [3.8, 4) is 17.0 Å². The van der Waals surface area contributed by atoms with Gasteiger partial charge in [0.25, 0.3) is 0 Å². The van der Waals surface area contributed by atoms with E-state index < -0.39 is 6.03 Å². The standard InChI is InChI=1S/C26H30FN5O2/c1-31-24(12-13-29-31)22-16-19(30-26(33)28-17-18-4-2-3-5-23(18)27)6-11-25(22)34-15-14-32-20-7-8-21(32)10-9-20/h2-6,11-13,16,20-21H,7-10,14-15,17H2,1H3,(H2,28,30,33). The summed E-state index contributed by atoms with van der Waals surface area (Å²) in [4.78, 5) is 15.0. The molecular formula is C26H30FN5O2. The summed E-state index contributed by atoms with van der Waals surface area (Å²) in [5.74, 6) is 0.414. The molecule has 1 aromatic heterocycles. The van der Waals surface area contributed by atoms with Crippen LogP contribution in [-0.2, 0) is 13.6 Å². The van der Waals surface area contributed by atoms with Crippen molar-refractivity contribution in [3.63, 3.8) is 0 Å². The Bertz CT molecular complexity index is 1140. The number of aromatic nitrogens is 2. The molecule has 0 aliphatic carbocycles. The first-order valence-electron chi connectivity index (χ1n) is 11.9. The number of hydrogen-bond donors (Lipinski definition) is 2. The fourth-order valence-corrected chi connectivity index (χ4v) is 5.21. The molecule has 2 aromatic carbocycles. The molecule has 2 fully saturated rings. The van der Waals surface area contributed by atoms with Gasteiger partial charge in [0, 0.05) is 55.2 Å². The molecule has 2 amide bonds. The molecular weight excluding hydrogens is 433 g/mol. The van der Waals surface area contributed by atoms with Gasteiger partial charge < -0.3 is 15.4 Å². The number of ether oxygens (including phenoxy) is 1. The number of amides is 2. The Kier molecular flexibility index (Phi) is 6.49. The number of benzene rings is 2. The van der Waals surface area contributed by atoms with Crippen LogP contribution in [0.4, 0.5) is 14.9 Å².